The molecule has 0 heterocycles. The maximum absolute atomic E-state index is 13.0. The first kappa shape index (κ1) is 20.5. The fraction of sp³-hybridized carbons (Fsp3) is 0.500. The Labute approximate surface area is 133 Å². The van der Waals surface area contributed by atoms with Crippen LogP contribution in [0.5, 0.6) is 5.75 Å². The van der Waals surface area contributed by atoms with E-state index in [0.29, 0.717) is 0 Å². The van der Waals surface area contributed by atoms with Gasteiger partial charge in [0, 0.05) is 18.5 Å². The molecule has 4 nitrogen and oxygen atoms in total. The van der Waals surface area contributed by atoms with Gasteiger partial charge in [0.05, 0.1) is 12.7 Å². The molecular weight excluding hydrogens is 321 g/mol. The Morgan fingerprint density at radius 3 is 2.41 bits per heavy atom. The van der Waals surface area contributed by atoms with Crippen molar-refractivity contribution in [2.24, 2.45) is 11.7 Å². The van der Waals surface area contributed by atoms with Crippen LogP contribution in [0.1, 0.15) is 25.0 Å². The quantitative estimate of drug-likeness (QED) is 0.866. The molecule has 0 fully saturated rings. The van der Waals surface area contributed by atoms with Crippen molar-refractivity contribution in [3.8, 4) is 5.75 Å². The van der Waals surface area contributed by atoms with Gasteiger partial charge in [0.1, 0.15) is 5.75 Å². The van der Waals surface area contributed by atoms with Crippen LogP contribution < -0.4 is 15.8 Å². The van der Waals surface area contributed by atoms with Crippen LogP contribution in [0.4, 0.5) is 13.2 Å². The van der Waals surface area contributed by atoms with E-state index in [-0.39, 0.29) is 42.2 Å². The van der Waals surface area contributed by atoms with E-state index < -0.39 is 17.7 Å². The minimum absolute atomic E-state index is 0. The minimum atomic E-state index is -4.51. The molecule has 2 unspecified atom stereocenters. The highest BCUT2D eigenvalue weighted by Gasteiger charge is 2.34. The molecule has 2 atom stereocenters. The third-order valence-electron chi connectivity index (χ3n) is 3.28. The average molecular weight is 341 g/mol. The van der Waals surface area contributed by atoms with Crippen molar-refractivity contribution in [1.82, 2.24) is 5.32 Å². The van der Waals surface area contributed by atoms with E-state index in [1.807, 2.05) is 0 Å². The van der Waals surface area contributed by atoms with Gasteiger partial charge in [0.25, 0.3) is 0 Å². The Morgan fingerprint density at radius 1 is 1.36 bits per heavy atom. The van der Waals surface area contributed by atoms with Crippen molar-refractivity contribution in [3.63, 3.8) is 0 Å². The molecule has 0 aliphatic carbocycles. The van der Waals surface area contributed by atoms with Crippen LogP contribution in [-0.2, 0) is 17.5 Å². The third-order valence-corrected chi connectivity index (χ3v) is 3.28. The van der Waals surface area contributed by atoms with Crippen molar-refractivity contribution < 1.29 is 22.7 Å². The number of benzene rings is 1. The van der Waals surface area contributed by atoms with Gasteiger partial charge in [-0.2, -0.15) is 13.2 Å². The van der Waals surface area contributed by atoms with E-state index in [0.717, 1.165) is 6.07 Å². The molecule has 1 amide bonds. The lowest BCUT2D eigenvalue weighted by atomic mass is 10.0. The van der Waals surface area contributed by atoms with E-state index in [4.69, 9.17) is 10.5 Å². The molecule has 3 N–H and O–H groups in total. The van der Waals surface area contributed by atoms with Crippen molar-refractivity contribution >= 4 is 18.3 Å². The van der Waals surface area contributed by atoms with Crippen molar-refractivity contribution in [2.75, 3.05) is 7.11 Å². The van der Waals surface area contributed by atoms with Gasteiger partial charge in [-0.1, -0.05) is 13.0 Å². The highest BCUT2D eigenvalue weighted by Crippen LogP contribution is 2.34. The molecule has 22 heavy (non-hydrogen) atoms. The summed E-state index contributed by atoms with van der Waals surface area (Å²) in [5.74, 6) is -0.743. The van der Waals surface area contributed by atoms with Crippen LogP contribution in [0.2, 0.25) is 0 Å². The number of rotatable bonds is 5. The van der Waals surface area contributed by atoms with E-state index in [2.05, 4.69) is 5.32 Å². The second-order valence-corrected chi connectivity index (χ2v) is 4.89. The topological polar surface area (TPSA) is 64.3 Å². The SMILES string of the molecule is COc1ccc(CNC(=O)C(C)C(C)N)c(C(F)(F)F)c1.Cl. The minimum Gasteiger partial charge on any atom is -0.497 e. The number of amides is 1. The highest BCUT2D eigenvalue weighted by atomic mass is 35.5. The lowest BCUT2D eigenvalue weighted by molar-refractivity contribution is -0.138. The van der Waals surface area contributed by atoms with Crippen LogP contribution in [0.25, 0.3) is 0 Å². The number of nitrogens with one attached hydrogen (secondary N) is 1. The normalized spacial score (nSPS) is 13.8. The highest BCUT2D eigenvalue weighted by molar-refractivity contribution is 5.85. The fourth-order valence-corrected chi connectivity index (χ4v) is 1.68. The average Bonchev–Trinajstić information content (AvgIpc) is 2.42. The summed E-state index contributed by atoms with van der Waals surface area (Å²) in [6.07, 6.45) is -4.51. The summed E-state index contributed by atoms with van der Waals surface area (Å²) >= 11 is 0. The molecule has 0 spiro atoms. The standard InChI is InChI=1S/C14H19F3N2O2.ClH/c1-8(9(2)18)13(20)19-7-10-4-5-11(21-3)6-12(10)14(15,16)17;/h4-6,8-9H,7,18H2,1-3H3,(H,19,20);1H. The van der Waals surface area contributed by atoms with E-state index in [1.54, 1.807) is 13.8 Å². The van der Waals surface area contributed by atoms with Crippen LogP contribution in [0.15, 0.2) is 18.2 Å². The smallest absolute Gasteiger partial charge is 0.416 e. The van der Waals surface area contributed by atoms with Crippen LogP contribution in [-0.4, -0.2) is 19.1 Å². The van der Waals surface area contributed by atoms with Gasteiger partial charge < -0.3 is 15.8 Å². The lowest BCUT2D eigenvalue weighted by Crippen LogP contribution is -2.38. The van der Waals surface area contributed by atoms with Crippen LogP contribution in [0, 0.1) is 5.92 Å². The van der Waals surface area contributed by atoms with Gasteiger partial charge in [0.2, 0.25) is 5.91 Å². The number of halogens is 4. The Hall–Kier alpha value is -1.47. The van der Waals surface area contributed by atoms with Gasteiger partial charge in [-0.3, -0.25) is 4.79 Å². The number of carbonyl (C=O) groups is 1. The second kappa shape index (κ2) is 8.24. The molecule has 0 saturated heterocycles. The summed E-state index contributed by atoms with van der Waals surface area (Å²) in [4.78, 5) is 11.7. The molecule has 0 saturated carbocycles. The first-order valence-electron chi connectivity index (χ1n) is 6.44. The van der Waals surface area contributed by atoms with Gasteiger partial charge in [0.15, 0.2) is 0 Å². The van der Waals surface area contributed by atoms with Crippen LogP contribution >= 0.6 is 12.4 Å². The molecule has 0 radical (unpaired) electrons. The largest absolute Gasteiger partial charge is 0.497 e. The monoisotopic (exact) mass is 340 g/mol. The molecule has 1 rings (SSSR count). The van der Waals surface area contributed by atoms with Gasteiger partial charge in [-0.25, -0.2) is 0 Å². The Morgan fingerprint density at radius 2 is 1.95 bits per heavy atom. The molecule has 0 aromatic heterocycles. The zero-order valence-corrected chi connectivity index (χ0v) is 13.3. The lowest BCUT2D eigenvalue weighted by Gasteiger charge is -2.18. The molecule has 0 bridgehead atoms. The number of nitrogens with two attached hydrogens (primary N) is 1. The Balaban J connectivity index is 0.00000441. The van der Waals surface area contributed by atoms with Crippen molar-refractivity contribution in [3.05, 3.63) is 29.3 Å². The molecule has 0 aliphatic rings. The predicted molar refractivity (Wildman–Crippen MR) is 79.9 cm³/mol. The van der Waals surface area contributed by atoms with Crippen molar-refractivity contribution in [2.45, 2.75) is 32.6 Å². The summed E-state index contributed by atoms with van der Waals surface area (Å²) in [7, 11) is 1.29. The number of ether oxygens (including phenoxy) is 1. The van der Waals surface area contributed by atoms with Crippen LogP contribution in [0.3, 0.4) is 0 Å². The Bertz CT molecular complexity index is 507. The predicted octanol–water partition coefficient (Wildman–Crippen LogP) is 2.74. The van der Waals surface area contributed by atoms with Crippen molar-refractivity contribution in [1.29, 1.82) is 0 Å². The first-order chi connectivity index (χ1) is 9.66. The fourth-order valence-electron chi connectivity index (χ4n) is 1.68. The summed E-state index contributed by atoms with van der Waals surface area (Å²) < 4.78 is 43.8. The maximum Gasteiger partial charge on any atom is 0.416 e. The third kappa shape index (κ3) is 5.38. The zero-order chi connectivity index (χ0) is 16.2. The summed E-state index contributed by atoms with van der Waals surface area (Å²) in [6, 6.07) is 3.25. The number of alkyl halides is 3. The summed E-state index contributed by atoms with van der Waals surface area (Å²) in [5, 5.41) is 2.47. The first-order valence-corrected chi connectivity index (χ1v) is 6.44. The van der Waals surface area contributed by atoms with Gasteiger partial charge in [-0.15, -0.1) is 12.4 Å². The molecular formula is C14H20ClF3N2O2. The second-order valence-electron chi connectivity index (χ2n) is 4.89. The van der Waals surface area contributed by atoms with E-state index in [1.165, 1.54) is 19.2 Å². The molecule has 1 aromatic rings. The zero-order valence-electron chi connectivity index (χ0n) is 12.5. The number of hydrogen-bond donors (Lipinski definition) is 2. The van der Waals surface area contributed by atoms with Gasteiger partial charge in [-0.05, 0) is 24.6 Å². The molecule has 0 aliphatic heterocycles. The van der Waals surface area contributed by atoms with Gasteiger partial charge >= 0.3 is 6.18 Å². The molecule has 1 aromatic carbocycles. The number of hydrogen-bond acceptors (Lipinski definition) is 3. The summed E-state index contributed by atoms with van der Waals surface area (Å²) in [5.41, 5.74) is 4.74. The molecule has 126 valence electrons. The van der Waals surface area contributed by atoms with E-state index in [9.17, 15) is 18.0 Å². The van der Waals surface area contributed by atoms with E-state index >= 15 is 0 Å². The molecule has 8 heteroatoms. The Kier molecular flexibility index (Phi) is 7.69. The maximum atomic E-state index is 13.0. The number of methoxy groups -OCH3 is 1. The summed E-state index contributed by atoms with van der Waals surface area (Å²) in [6.45, 7) is 3.08. The number of carbonyl (C=O) groups excluding carboxylic acids is 1.